The maximum Gasteiger partial charge on any atom is 0.216 e. The molecular weight excluding hydrogens is 182 g/mol. The largest absolute Gasteiger partial charge is 0.365 e. The summed E-state index contributed by atoms with van der Waals surface area (Å²) < 4.78 is 4.86. The van der Waals surface area contributed by atoms with Crippen LogP contribution in [0.15, 0.2) is 0 Å². The van der Waals surface area contributed by atoms with E-state index in [4.69, 9.17) is 10.5 Å². The zero-order valence-electron chi connectivity index (χ0n) is 8.20. The summed E-state index contributed by atoms with van der Waals surface area (Å²) in [7, 11) is 0. The second-order valence-electron chi connectivity index (χ2n) is 3.61. The molecule has 4 heteroatoms. The number of ether oxygens (including phenoxy) is 1. The highest BCUT2D eigenvalue weighted by Gasteiger charge is 2.29. The van der Waals surface area contributed by atoms with E-state index in [9.17, 15) is 9.59 Å². The van der Waals surface area contributed by atoms with Crippen molar-refractivity contribution < 1.29 is 14.3 Å². The van der Waals surface area contributed by atoms with Crippen LogP contribution < -0.4 is 5.73 Å². The molecule has 2 N–H and O–H groups in total. The lowest BCUT2D eigenvalue weighted by atomic mass is 10.1. The molecule has 1 rings (SSSR count). The molecule has 1 aliphatic heterocycles. The quantitative estimate of drug-likeness (QED) is 0.451. The number of epoxide rings is 1. The number of nitrogens with two attached hydrogens (primary N) is 1. The summed E-state index contributed by atoms with van der Waals surface area (Å²) in [5.74, 6) is 0.205. The minimum Gasteiger partial charge on any atom is -0.365 e. The normalized spacial score (nSPS) is 21.6. The van der Waals surface area contributed by atoms with Crippen molar-refractivity contribution in [3.63, 3.8) is 0 Å². The van der Waals surface area contributed by atoms with Crippen LogP contribution in [0.25, 0.3) is 0 Å². The molecule has 0 saturated carbocycles. The summed E-state index contributed by atoms with van der Waals surface area (Å²) in [6, 6.07) is -0.461. The average Bonchev–Trinajstić information content (AvgIpc) is 2.99. The highest BCUT2D eigenvalue weighted by Crippen LogP contribution is 2.14. The zero-order chi connectivity index (χ0) is 10.4. The topological polar surface area (TPSA) is 72.7 Å². The Balaban J connectivity index is 1.88. The van der Waals surface area contributed by atoms with Gasteiger partial charge < -0.3 is 10.5 Å². The molecule has 79 valence electrons. The first kappa shape index (κ1) is 11.3. The lowest BCUT2D eigenvalue weighted by molar-refractivity contribution is -0.120. The van der Waals surface area contributed by atoms with Gasteiger partial charge in [0.2, 0.25) is 6.29 Å². The van der Waals surface area contributed by atoms with E-state index in [1.165, 1.54) is 0 Å². The molecule has 0 aromatic rings. The molecule has 1 fully saturated rings. The Kier molecular flexibility index (Phi) is 4.76. The van der Waals surface area contributed by atoms with Crippen molar-refractivity contribution >= 4 is 12.1 Å². The molecule has 2 unspecified atom stereocenters. The highest BCUT2D eigenvalue weighted by atomic mass is 16.6. The fraction of sp³-hybridized carbons (Fsp3) is 0.800. The van der Waals surface area contributed by atoms with Crippen molar-refractivity contribution in [2.45, 2.75) is 44.2 Å². The summed E-state index contributed by atoms with van der Waals surface area (Å²) in [4.78, 5) is 21.2. The second kappa shape index (κ2) is 5.88. The summed E-state index contributed by atoms with van der Waals surface area (Å²) >= 11 is 0. The molecule has 14 heavy (non-hydrogen) atoms. The monoisotopic (exact) mass is 198 g/mol. The van der Waals surface area contributed by atoms with E-state index in [1.807, 2.05) is 0 Å². The fourth-order valence-corrected chi connectivity index (χ4v) is 1.29. The number of unbranched alkanes of at least 4 members (excludes halogenated alkanes) is 2. The van der Waals surface area contributed by atoms with Crippen molar-refractivity contribution in [2.75, 3.05) is 6.61 Å². The molecule has 0 amide bonds. The predicted octanol–water partition coefficient (Wildman–Crippen LogP) is 0.342. The highest BCUT2D eigenvalue weighted by molar-refractivity contribution is 5.84. The van der Waals surface area contributed by atoms with Gasteiger partial charge in [-0.05, 0) is 12.8 Å². The first-order valence-electron chi connectivity index (χ1n) is 5.01. The minimum atomic E-state index is -0.461. The first-order chi connectivity index (χ1) is 6.74. The number of hydrogen-bond acceptors (Lipinski definition) is 4. The van der Waals surface area contributed by atoms with Crippen LogP contribution in [0.2, 0.25) is 0 Å². The predicted molar refractivity (Wildman–Crippen MR) is 51.5 cm³/mol. The number of rotatable bonds is 8. The maximum atomic E-state index is 11.1. The lowest BCUT2D eigenvalue weighted by Gasteiger charge is -2.01. The molecule has 0 spiro atoms. The van der Waals surface area contributed by atoms with Crippen molar-refractivity contribution in [3.05, 3.63) is 0 Å². The molecule has 0 bridgehead atoms. The molecular formula is C10H16NO3. The van der Waals surface area contributed by atoms with Gasteiger partial charge in [0, 0.05) is 6.42 Å². The SMILES string of the molecule is NC([C]=O)CCCCCC(=O)C1CO1. The van der Waals surface area contributed by atoms with Crippen LogP contribution in [0, 0.1) is 0 Å². The van der Waals surface area contributed by atoms with Gasteiger partial charge >= 0.3 is 0 Å². The molecule has 1 saturated heterocycles. The molecule has 2 atom stereocenters. The van der Waals surface area contributed by atoms with E-state index in [2.05, 4.69) is 0 Å². The van der Waals surface area contributed by atoms with Gasteiger partial charge in [-0.25, -0.2) is 0 Å². The Bertz CT molecular complexity index is 202. The second-order valence-corrected chi connectivity index (χ2v) is 3.61. The maximum absolute atomic E-state index is 11.1. The van der Waals surface area contributed by atoms with Crippen molar-refractivity contribution in [3.8, 4) is 0 Å². The standard InChI is InChI=1S/C10H16NO3/c11-8(6-12)4-2-1-3-5-9(13)10-7-14-10/h8,10H,1-5,7,11H2. The smallest absolute Gasteiger partial charge is 0.216 e. The van der Waals surface area contributed by atoms with Gasteiger partial charge in [-0.2, -0.15) is 0 Å². The van der Waals surface area contributed by atoms with Crippen molar-refractivity contribution in [2.24, 2.45) is 5.73 Å². The third-order valence-corrected chi connectivity index (χ3v) is 2.28. The molecule has 1 radical (unpaired) electrons. The third-order valence-electron chi connectivity index (χ3n) is 2.28. The number of Topliss-reactive ketones (excluding diaryl/α,β-unsaturated/α-hetero) is 1. The van der Waals surface area contributed by atoms with E-state index in [1.54, 1.807) is 6.29 Å². The van der Waals surface area contributed by atoms with Gasteiger partial charge in [-0.15, -0.1) is 0 Å². The van der Waals surface area contributed by atoms with Gasteiger partial charge in [0.15, 0.2) is 5.78 Å². The summed E-state index contributed by atoms with van der Waals surface area (Å²) in [6.45, 7) is 0.601. The van der Waals surface area contributed by atoms with Crippen LogP contribution in [0.1, 0.15) is 32.1 Å². The fourth-order valence-electron chi connectivity index (χ4n) is 1.29. The zero-order valence-corrected chi connectivity index (χ0v) is 8.20. The lowest BCUT2D eigenvalue weighted by Crippen LogP contribution is -2.20. The number of ketones is 1. The van der Waals surface area contributed by atoms with E-state index in [-0.39, 0.29) is 11.9 Å². The summed E-state index contributed by atoms with van der Waals surface area (Å²) in [5.41, 5.74) is 5.36. The Morgan fingerprint density at radius 3 is 2.79 bits per heavy atom. The Morgan fingerprint density at radius 1 is 1.50 bits per heavy atom. The van der Waals surface area contributed by atoms with Gasteiger partial charge in [0.05, 0.1) is 12.6 Å². The van der Waals surface area contributed by atoms with Crippen LogP contribution >= 0.6 is 0 Å². The van der Waals surface area contributed by atoms with E-state index in [0.717, 1.165) is 19.3 Å². The number of carbonyl (C=O) groups is 1. The Morgan fingerprint density at radius 2 is 2.21 bits per heavy atom. The Labute approximate surface area is 83.8 Å². The van der Waals surface area contributed by atoms with E-state index < -0.39 is 6.04 Å². The van der Waals surface area contributed by atoms with Gasteiger partial charge in [-0.1, -0.05) is 12.8 Å². The van der Waals surface area contributed by atoms with Gasteiger partial charge in [0.1, 0.15) is 6.10 Å². The first-order valence-corrected chi connectivity index (χ1v) is 5.01. The Hall–Kier alpha value is -0.740. The average molecular weight is 198 g/mol. The molecule has 1 heterocycles. The van der Waals surface area contributed by atoms with E-state index >= 15 is 0 Å². The van der Waals surface area contributed by atoms with Crippen molar-refractivity contribution in [1.29, 1.82) is 0 Å². The third kappa shape index (κ3) is 4.48. The minimum absolute atomic E-state index is 0.111. The van der Waals surface area contributed by atoms with E-state index in [0.29, 0.717) is 19.4 Å². The van der Waals surface area contributed by atoms with Crippen LogP contribution in [0.5, 0.6) is 0 Å². The molecule has 0 aliphatic carbocycles. The number of carbonyl (C=O) groups excluding carboxylic acids is 2. The van der Waals surface area contributed by atoms with Crippen LogP contribution in [0.4, 0.5) is 0 Å². The van der Waals surface area contributed by atoms with Crippen LogP contribution in [0.3, 0.4) is 0 Å². The summed E-state index contributed by atoms with van der Waals surface area (Å²) in [5, 5.41) is 0. The summed E-state index contributed by atoms with van der Waals surface area (Å²) in [6.07, 6.45) is 5.56. The van der Waals surface area contributed by atoms with Gasteiger partial charge in [0.25, 0.3) is 0 Å². The molecule has 4 nitrogen and oxygen atoms in total. The molecule has 0 aromatic heterocycles. The van der Waals surface area contributed by atoms with Gasteiger partial charge in [-0.3, -0.25) is 9.59 Å². The number of hydrogen-bond donors (Lipinski definition) is 1. The van der Waals surface area contributed by atoms with Crippen LogP contribution in [-0.4, -0.2) is 30.8 Å². The molecule has 1 aliphatic rings. The van der Waals surface area contributed by atoms with Crippen LogP contribution in [-0.2, 0) is 14.3 Å². The van der Waals surface area contributed by atoms with Crippen molar-refractivity contribution in [1.82, 2.24) is 0 Å². The molecule has 0 aromatic carbocycles.